The molecule has 0 saturated carbocycles. The molecule has 8 nitrogen and oxygen atoms in total. The zero-order valence-electron chi connectivity index (χ0n) is 11.9. The Morgan fingerprint density at radius 2 is 1.83 bits per heavy atom. The van der Waals surface area contributed by atoms with Crippen LogP contribution in [0.1, 0.15) is 12.8 Å². The Bertz CT molecular complexity index is 738. The Kier molecular flexibility index (Phi) is 3.57. The Balaban J connectivity index is 1.76. The minimum Gasteiger partial charge on any atom is -0.508 e. The second-order valence-electron chi connectivity index (χ2n) is 5.21. The van der Waals surface area contributed by atoms with Crippen molar-refractivity contribution >= 4 is 29.3 Å². The van der Waals surface area contributed by atoms with E-state index >= 15 is 0 Å². The Morgan fingerprint density at radius 1 is 1.13 bits per heavy atom. The normalized spacial score (nSPS) is 21.3. The van der Waals surface area contributed by atoms with E-state index in [9.17, 15) is 24.3 Å². The fourth-order valence-electron chi connectivity index (χ4n) is 2.50. The van der Waals surface area contributed by atoms with Crippen molar-refractivity contribution in [3.05, 3.63) is 36.0 Å². The lowest BCUT2D eigenvalue weighted by molar-refractivity contribution is -0.149. The van der Waals surface area contributed by atoms with E-state index in [1.807, 2.05) is 0 Å². The summed E-state index contributed by atoms with van der Waals surface area (Å²) in [6.07, 6.45) is 1.30. The van der Waals surface area contributed by atoms with Crippen LogP contribution >= 0.6 is 0 Å². The number of anilines is 1. The quantitative estimate of drug-likeness (QED) is 0.528. The predicted molar refractivity (Wildman–Crippen MR) is 77.8 cm³/mol. The molecule has 2 aliphatic rings. The topological polar surface area (TPSA) is 116 Å². The van der Waals surface area contributed by atoms with Gasteiger partial charge in [-0.25, -0.2) is 0 Å². The number of piperidine rings is 1. The van der Waals surface area contributed by atoms with Crippen LogP contribution < -0.4 is 10.6 Å². The second kappa shape index (κ2) is 5.56. The van der Waals surface area contributed by atoms with Gasteiger partial charge in [-0.15, -0.1) is 0 Å². The molecule has 1 unspecified atom stereocenters. The molecule has 0 bridgehead atoms. The van der Waals surface area contributed by atoms with Crippen molar-refractivity contribution < 1.29 is 24.3 Å². The lowest BCUT2D eigenvalue weighted by Gasteiger charge is -2.28. The summed E-state index contributed by atoms with van der Waals surface area (Å²) in [5.74, 6) is -2.23. The van der Waals surface area contributed by atoms with Crippen LogP contribution in [0.5, 0.6) is 5.75 Å². The predicted octanol–water partition coefficient (Wildman–Crippen LogP) is -0.138. The van der Waals surface area contributed by atoms with Crippen LogP contribution in [0, 0.1) is 0 Å². The zero-order valence-corrected chi connectivity index (χ0v) is 11.9. The van der Waals surface area contributed by atoms with Crippen LogP contribution in [0.2, 0.25) is 0 Å². The van der Waals surface area contributed by atoms with Gasteiger partial charge in [0.25, 0.3) is 11.8 Å². The van der Waals surface area contributed by atoms with E-state index < -0.39 is 29.7 Å². The average Bonchev–Trinajstić information content (AvgIpc) is 2.77. The first-order chi connectivity index (χ1) is 11.0. The third kappa shape index (κ3) is 2.78. The summed E-state index contributed by atoms with van der Waals surface area (Å²) in [7, 11) is 0. The van der Waals surface area contributed by atoms with E-state index in [0.717, 1.165) is 11.0 Å². The SMILES string of the molecule is O=C1CCC(N2C(=O)C=C(Nc3ccc(O)cc3)C2=O)C(=O)N1. The van der Waals surface area contributed by atoms with Gasteiger partial charge in [0.2, 0.25) is 11.8 Å². The summed E-state index contributed by atoms with van der Waals surface area (Å²) < 4.78 is 0. The van der Waals surface area contributed by atoms with Gasteiger partial charge in [0.15, 0.2) is 0 Å². The molecular weight excluding hydrogens is 302 g/mol. The number of hydrogen-bond donors (Lipinski definition) is 3. The monoisotopic (exact) mass is 315 g/mol. The Hall–Kier alpha value is -3.16. The molecule has 2 heterocycles. The van der Waals surface area contributed by atoms with Crippen LogP contribution in [0.15, 0.2) is 36.0 Å². The van der Waals surface area contributed by atoms with Gasteiger partial charge < -0.3 is 10.4 Å². The fourth-order valence-corrected chi connectivity index (χ4v) is 2.50. The van der Waals surface area contributed by atoms with E-state index in [2.05, 4.69) is 10.6 Å². The number of phenols is 1. The lowest BCUT2D eigenvalue weighted by atomic mass is 10.0. The summed E-state index contributed by atoms with van der Waals surface area (Å²) in [5, 5.41) is 14.1. The number of benzene rings is 1. The first kappa shape index (κ1) is 14.8. The summed E-state index contributed by atoms with van der Waals surface area (Å²) >= 11 is 0. The first-order valence-corrected chi connectivity index (χ1v) is 6.94. The molecule has 1 saturated heterocycles. The van der Waals surface area contributed by atoms with Gasteiger partial charge in [0.05, 0.1) is 0 Å². The van der Waals surface area contributed by atoms with Crippen molar-refractivity contribution in [1.29, 1.82) is 0 Å². The van der Waals surface area contributed by atoms with Crippen LogP contribution in [0.25, 0.3) is 0 Å². The number of nitrogens with zero attached hydrogens (tertiary/aromatic N) is 1. The summed E-state index contributed by atoms with van der Waals surface area (Å²) in [6, 6.07) is 4.97. The second-order valence-corrected chi connectivity index (χ2v) is 5.21. The molecule has 118 valence electrons. The first-order valence-electron chi connectivity index (χ1n) is 6.94. The smallest absolute Gasteiger partial charge is 0.278 e. The summed E-state index contributed by atoms with van der Waals surface area (Å²) in [6.45, 7) is 0. The molecule has 4 amide bonds. The molecule has 1 aromatic carbocycles. The molecule has 0 spiro atoms. The van der Waals surface area contributed by atoms with E-state index in [-0.39, 0.29) is 24.3 Å². The minimum atomic E-state index is -0.983. The van der Waals surface area contributed by atoms with Gasteiger partial charge in [-0.3, -0.25) is 29.4 Å². The van der Waals surface area contributed by atoms with Crippen molar-refractivity contribution in [3.63, 3.8) is 0 Å². The van der Waals surface area contributed by atoms with Crippen molar-refractivity contribution in [2.24, 2.45) is 0 Å². The van der Waals surface area contributed by atoms with Gasteiger partial charge in [-0.05, 0) is 30.7 Å². The molecule has 2 aliphatic heterocycles. The average molecular weight is 315 g/mol. The highest BCUT2D eigenvalue weighted by Gasteiger charge is 2.42. The van der Waals surface area contributed by atoms with E-state index in [4.69, 9.17) is 0 Å². The summed E-state index contributed by atoms with van der Waals surface area (Å²) in [5.41, 5.74) is 0.547. The van der Waals surface area contributed by atoms with Crippen molar-refractivity contribution in [2.45, 2.75) is 18.9 Å². The zero-order chi connectivity index (χ0) is 16.6. The largest absolute Gasteiger partial charge is 0.508 e. The molecule has 1 aromatic rings. The Labute approximate surface area is 130 Å². The number of aromatic hydroxyl groups is 1. The van der Waals surface area contributed by atoms with Crippen molar-refractivity contribution in [3.8, 4) is 5.75 Å². The molecule has 8 heteroatoms. The van der Waals surface area contributed by atoms with Crippen molar-refractivity contribution in [1.82, 2.24) is 10.2 Å². The number of carbonyl (C=O) groups excluding carboxylic acids is 4. The third-order valence-corrected chi connectivity index (χ3v) is 3.62. The number of imide groups is 2. The highest BCUT2D eigenvalue weighted by Crippen LogP contribution is 2.23. The van der Waals surface area contributed by atoms with Crippen molar-refractivity contribution in [2.75, 3.05) is 5.32 Å². The third-order valence-electron chi connectivity index (χ3n) is 3.62. The van der Waals surface area contributed by atoms with Gasteiger partial charge in [0, 0.05) is 18.2 Å². The molecule has 23 heavy (non-hydrogen) atoms. The number of hydrogen-bond acceptors (Lipinski definition) is 6. The maximum atomic E-state index is 12.4. The number of carbonyl (C=O) groups is 4. The highest BCUT2D eigenvalue weighted by atomic mass is 16.3. The maximum absolute atomic E-state index is 12.4. The van der Waals surface area contributed by atoms with Gasteiger partial charge in [-0.2, -0.15) is 0 Å². The van der Waals surface area contributed by atoms with Crippen LogP contribution in [-0.2, 0) is 19.2 Å². The van der Waals surface area contributed by atoms with E-state index in [1.165, 1.54) is 12.1 Å². The molecule has 1 fully saturated rings. The highest BCUT2D eigenvalue weighted by molar-refractivity contribution is 6.20. The van der Waals surface area contributed by atoms with Crippen LogP contribution in [0.4, 0.5) is 5.69 Å². The molecule has 0 aromatic heterocycles. The molecular formula is C15H13N3O5. The standard InChI is InChI=1S/C15H13N3O5/c19-9-3-1-8(2-4-9)16-10-7-13(21)18(15(10)23)11-5-6-12(20)17-14(11)22/h1-4,7,11,16,19H,5-6H2,(H,17,20,22). The fraction of sp³-hybridized carbons (Fsp3) is 0.200. The van der Waals surface area contributed by atoms with Crippen LogP contribution in [0.3, 0.4) is 0 Å². The number of rotatable bonds is 3. The van der Waals surface area contributed by atoms with Gasteiger partial charge in [-0.1, -0.05) is 0 Å². The van der Waals surface area contributed by atoms with Gasteiger partial charge in [0.1, 0.15) is 17.5 Å². The van der Waals surface area contributed by atoms with Gasteiger partial charge >= 0.3 is 0 Å². The molecule has 3 N–H and O–H groups in total. The molecule has 0 aliphatic carbocycles. The molecule has 0 radical (unpaired) electrons. The molecule has 3 rings (SSSR count). The molecule has 1 atom stereocenters. The van der Waals surface area contributed by atoms with E-state index in [0.29, 0.717) is 5.69 Å². The lowest BCUT2D eigenvalue weighted by Crippen LogP contribution is -2.54. The number of phenolic OH excluding ortho intramolecular Hbond substituents is 1. The minimum absolute atomic E-state index is 0.0328. The number of amides is 4. The summed E-state index contributed by atoms with van der Waals surface area (Å²) in [4.78, 5) is 48.3. The Morgan fingerprint density at radius 3 is 2.48 bits per heavy atom. The number of nitrogens with one attached hydrogen (secondary N) is 2. The maximum Gasteiger partial charge on any atom is 0.278 e. The van der Waals surface area contributed by atoms with Crippen LogP contribution in [-0.4, -0.2) is 39.7 Å². The van der Waals surface area contributed by atoms with E-state index in [1.54, 1.807) is 12.1 Å².